The molecule has 0 saturated carbocycles. The largest absolute Gasteiger partial charge is 0.504 e. The predicted octanol–water partition coefficient (Wildman–Crippen LogP) is 4.10. The number of benzene rings is 2. The minimum atomic E-state index is -0.506. The number of aliphatic imine (C=N–C) groups is 1. The number of carbonyl (C=O) groups is 1. The molecule has 0 spiro atoms. The predicted molar refractivity (Wildman–Crippen MR) is 97.3 cm³/mol. The van der Waals surface area contributed by atoms with Crippen LogP contribution in [0.5, 0.6) is 5.75 Å². The second-order valence-corrected chi connectivity index (χ2v) is 6.14. The zero-order chi connectivity index (χ0) is 17.5. The molecule has 0 aromatic heterocycles. The summed E-state index contributed by atoms with van der Waals surface area (Å²) in [6, 6.07) is 15.2. The lowest BCUT2D eigenvalue weighted by atomic mass is 10.2. The van der Waals surface area contributed by atoms with E-state index in [2.05, 4.69) is 4.99 Å². The number of rotatable bonds is 5. The number of nitrogens with zero attached hydrogens (tertiary/aromatic N) is 1. The lowest BCUT2D eigenvalue weighted by Crippen LogP contribution is -2.12. The van der Waals surface area contributed by atoms with E-state index < -0.39 is 5.97 Å². The van der Waals surface area contributed by atoms with Gasteiger partial charge in [0, 0.05) is 10.5 Å². The number of para-hydroxylation sites is 2. The first-order valence-corrected chi connectivity index (χ1v) is 8.66. The van der Waals surface area contributed by atoms with Crippen molar-refractivity contribution >= 4 is 29.3 Å². The second kappa shape index (κ2) is 8.39. The fraction of sp³-hybridized carbons (Fsp3) is 0.158. The molecular formula is C19H17NO4S. The lowest BCUT2D eigenvalue weighted by Gasteiger charge is -2.16. The van der Waals surface area contributed by atoms with E-state index in [0.717, 1.165) is 16.1 Å². The highest BCUT2D eigenvalue weighted by Crippen LogP contribution is 2.33. The smallest absolute Gasteiger partial charge is 0.339 e. The van der Waals surface area contributed by atoms with Crippen LogP contribution in [0.4, 0.5) is 5.69 Å². The van der Waals surface area contributed by atoms with Gasteiger partial charge in [-0.1, -0.05) is 30.3 Å². The van der Waals surface area contributed by atoms with Gasteiger partial charge in [0.15, 0.2) is 5.90 Å². The van der Waals surface area contributed by atoms with Crippen molar-refractivity contribution in [3.63, 3.8) is 0 Å². The van der Waals surface area contributed by atoms with E-state index in [9.17, 15) is 4.79 Å². The Morgan fingerprint density at radius 1 is 1.20 bits per heavy atom. The number of hydrogen-bond donors (Lipinski definition) is 0. The van der Waals surface area contributed by atoms with Crippen molar-refractivity contribution in [3.8, 4) is 5.75 Å². The molecule has 128 valence electrons. The minimum absolute atomic E-state index is 0.277. The van der Waals surface area contributed by atoms with Gasteiger partial charge in [0.1, 0.15) is 12.4 Å². The fourth-order valence-electron chi connectivity index (χ4n) is 2.20. The summed E-state index contributed by atoms with van der Waals surface area (Å²) in [5.74, 6) is 1.28. The van der Waals surface area contributed by atoms with E-state index in [1.807, 2.05) is 36.4 Å². The molecule has 2 aromatic rings. The molecule has 0 aliphatic carbocycles. The van der Waals surface area contributed by atoms with E-state index in [1.165, 1.54) is 19.4 Å². The first kappa shape index (κ1) is 17.1. The van der Waals surface area contributed by atoms with Crippen LogP contribution in [-0.2, 0) is 20.9 Å². The van der Waals surface area contributed by atoms with Crippen LogP contribution >= 0.6 is 11.8 Å². The quantitative estimate of drug-likeness (QED) is 0.350. The molecule has 0 unspecified atom stereocenters. The van der Waals surface area contributed by atoms with Gasteiger partial charge < -0.3 is 14.2 Å². The van der Waals surface area contributed by atoms with Crippen LogP contribution in [0.15, 0.2) is 70.8 Å². The SMILES string of the molecule is COC=CC(=O)Oc1ccccc1COC1=Nc2ccccc2SC1. The highest BCUT2D eigenvalue weighted by atomic mass is 32.2. The van der Waals surface area contributed by atoms with Crippen LogP contribution in [0.3, 0.4) is 0 Å². The average Bonchev–Trinajstić information content (AvgIpc) is 2.65. The summed E-state index contributed by atoms with van der Waals surface area (Å²) >= 11 is 1.69. The number of methoxy groups -OCH3 is 1. The van der Waals surface area contributed by atoms with Gasteiger partial charge in [0.2, 0.25) is 0 Å². The van der Waals surface area contributed by atoms with E-state index in [4.69, 9.17) is 14.2 Å². The van der Waals surface area contributed by atoms with Gasteiger partial charge in [-0.15, -0.1) is 11.8 Å². The molecule has 0 amide bonds. The van der Waals surface area contributed by atoms with Crippen LogP contribution in [0.1, 0.15) is 5.56 Å². The average molecular weight is 355 g/mol. The van der Waals surface area contributed by atoms with E-state index in [1.54, 1.807) is 23.9 Å². The van der Waals surface area contributed by atoms with Gasteiger partial charge in [0.05, 0.1) is 30.9 Å². The number of thioether (sulfide) groups is 1. The maximum atomic E-state index is 11.7. The molecule has 6 heteroatoms. The van der Waals surface area contributed by atoms with Crippen molar-refractivity contribution in [1.29, 1.82) is 0 Å². The Bertz CT molecular complexity index is 817. The molecule has 0 saturated heterocycles. The Balaban J connectivity index is 1.67. The normalized spacial score (nSPS) is 13.1. The second-order valence-electron chi connectivity index (χ2n) is 5.12. The third-order valence-electron chi connectivity index (χ3n) is 3.38. The van der Waals surface area contributed by atoms with Crippen LogP contribution in [-0.4, -0.2) is 24.7 Å². The fourth-order valence-corrected chi connectivity index (χ4v) is 3.06. The Labute approximate surface area is 150 Å². The first-order chi connectivity index (χ1) is 12.3. The van der Waals surface area contributed by atoms with Gasteiger partial charge in [-0.05, 0) is 18.2 Å². The molecule has 1 heterocycles. The highest BCUT2D eigenvalue weighted by molar-refractivity contribution is 8.00. The van der Waals surface area contributed by atoms with E-state index in [-0.39, 0.29) is 6.61 Å². The molecule has 1 aliphatic heterocycles. The van der Waals surface area contributed by atoms with Gasteiger partial charge in [-0.2, -0.15) is 0 Å². The third kappa shape index (κ3) is 4.64. The lowest BCUT2D eigenvalue weighted by molar-refractivity contribution is -0.129. The van der Waals surface area contributed by atoms with Gasteiger partial charge >= 0.3 is 5.97 Å². The summed E-state index contributed by atoms with van der Waals surface area (Å²) in [6.45, 7) is 0.277. The Kier molecular flexibility index (Phi) is 5.74. The number of carbonyl (C=O) groups excluding carboxylic acids is 1. The number of hydrogen-bond acceptors (Lipinski definition) is 6. The van der Waals surface area contributed by atoms with Crippen molar-refractivity contribution in [2.75, 3.05) is 12.9 Å². The minimum Gasteiger partial charge on any atom is -0.504 e. The molecule has 25 heavy (non-hydrogen) atoms. The zero-order valence-electron chi connectivity index (χ0n) is 13.7. The summed E-state index contributed by atoms with van der Waals surface area (Å²) in [5, 5.41) is 0. The summed E-state index contributed by atoms with van der Waals surface area (Å²) in [5.41, 5.74) is 1.69. The first-order valence-electron chi connectivity index (χ1n) is 7.67. The van der Waals surface area contributed by atoms with Crippen molar-refractivity contribution in [3.05, 3.63) is 66.4 Å². The van der Waals surface area contributed by atoms with Crippen molar-refractivity contribution in [2.45, 2.75) is 11.5 Å². The Morgan fingerprint density at radius 2 is 2.00 bits per heavy atom. The zero-order valence-corrected chi connectivity index (χ0v) is 14.5. The molecular weight excluding hydrogens is 338 g/mol. The summed E-state index contributed by atoms with van der Waals surface area (Å²) in [6.07, 6.45) is 2.49. The molecule has 3 rings (SSSR count). The van der Waals surface area contributed by atoms with Crippen LogP contribution in [0.2, 0.25) is 0 Å². The maximum Gasteiger partial charge on any atom is 0.339 e. The maximum absolute atomic E-state index is 11.7. The van der Waals surface area contributed by atoms with Crippen molar-refractivity contribution in [1.82, 2.24) is 0 Å². The van der Waals surface area contributed by atoms with E-state index in [0.29, 0.717) is 17.4 Å². The molecule has 0 radical (unpaired) electrons. The topological polar surface area (TPSA) is 57.1 Å². The van der Waals surface area contributed by atoms with Crippen LogP contribution in [0.25, 0.3) is 0 Å². The molecule has 2 aromatic carbocycles. The number of fused-ring (bicyclic) bond motifs is 1. The molecule has 0 atom stereocenters. The number of ether oxygens (including phenoxy) is 3. The summed E-state index contributed by atoms with van der Waals surface area (Å²) in [4.78, 5) is 17.4. The van der Waals surface area contributed by atoms with Crippen LogP contribution < -0.4 is 4.74 Å². The number of esters is 1. The molecule has 1 aliphatic rings. The van der Waals surface area contributed by atoms with Gasteiger partial charge in [-0.25, -0.2) is 9.79 Å². The van der Waals surface area contributed by atoms with Gasteiger partial charge in [-0.3, -0.25) is 0 Å². The van der Waals surface area contributed by atoms with Crippen molar-refractivity contribution < 1.29 is 19.0 Å². The standard InChI is InChI=1S/C19H17NO4S/c1-22-11-10-19(21)24-16-8-4-2-6-14(16)12-23-18-13-25-17-9-5-3-7-15(17)20-18/h2-11H,12-13H2,1H3. The Hall–Kier alpha value is -2.73. The summed E-state index contributed by atoms with van der Waals surface area (Å²) < 4.78 is 15.8. The summed E-state index contributed by atoms with van der Waals surface area (Å²) in [7, 11) is 1.46. The van der Waals surface area contributed by atoms with Crippen molar-refractivity contribution in [2.24, 2.45) is 4.99 Å². The van der Waals surface area contributed by atoms with Crippen LogP contribution in [0, 0.1) is 0 Å². The van der Waals surface area contributed by atoms with Gasteiger partial charge in [0.25, 0.3) is 0 Å². The third-order valence-corrected chi connectivity index (χ3v) is 4.43. The molecule has 0 bridgehead atoms. The Morgan fingerprint density at radius 3 is 2.88 bits per heavy atom. The molecule has 5 nitrogen and oxygen atoms in total. The molecule has 0 fully saturated rings. The highest BCUT2D eigenvalue weighted by Gasteiger charge is 2.14. The van der Waals surface area contributed by atoms with E-state index >= 15 is 0 Å². The monoisotopic (exact) mass is 355 g/mol. The molecule has 0 N–H and O–H groups in total.